The van der Waals surface area contributed by atoms with Gasteiger partial charge in [0.2, 0.25) is 0 Å². The number of nitrogens with zero attached hydrogens (tertiary/aromatic N) is 3. The van der Waals surface area contributed by atoms with E-state index in [0.29, 0.717) is 12.1 Å². The summed E-state index contributed by atoms with van der Waals surface area (Å²) in [6.07, 6.45) is 0.434. The fraction of sp³-hybridized carbons (Fsp3) is 0.240. The number of carbonyl (C=O) groups excluding carboxylic acids is 3. The van der Waals surface area contributed by atoms with Gasteiger partial charge >= 0.3 is 12.1 Å². The van der Waals surface area contributed by atoms with E-state index in [1.54, 1.807) is 29.2 Å². The molecule has 0 radical (unpaired) electrons. The Morgan fingerprint density at radius 3 is 2.46 bits per heavy atom. The van der Waals surface area contributed by atoms with Crippen molar-refractivity contribution in [2.45, 2.75) is 36.4 Å². The van der Waals surface area contributed by atoms with E-state index in [1.165, 1.54) is 21.9 Å². The molecule has 0 aliphatic carbocycles. The molecule has 3 aromatic rings. The van der Waals surface area contributed by atoms with Crippen LogP contribution in [0.3, 0.4) is 0 Å². The Morgan fingerprint density at radius 2 is 1.69 bits per heavy atom. The van der Waals surface area contributed by atoms with E-state index in [1.807, 2.05) is 37.3 Å². The molecular formula is C25H22N4O5S. The smallest absolute Gasteiger partial charge is 0.316 e. The molecule has 3 atom stereocenters. The van der Waals surface area contributed by atoms with Gasteiger partial charge in [0.25, 0.3) is 15.9 Å². The number of urea groups is 2. The van der Waals surface area contributed by atoms with Crippen LogP contribution in [0, 0.1) is 6.92 Å². The Bertz CT molecular complexity index is 1500. The van der Waals surface area contributed by atoms with E-state index in [4.69, 9.17) is 0 Å². The lowest BCUT2D eigenvalue weighted by atomic mass is 10.1. The number of carbonyl (C=O) groups is 3. The summed E-state index contributed by atoms with van der Waals surface area (Å²) in [5, 5.41) is 1.69. The number of aryl methyl sites for hydroxylation is 1. The molecule has 6 rings (SSSR count). The second-order valence-electron chi connectivity index (χ2n) is 9.14. The lowest BCUT2D eigenvalue weighted by molar-refractivity contribution is -0.120. The molecule has 3 fully saturated rings. The van der Waals surface area contributed by atoms with Crippen LogP contribution >= 0.6 is 0 Å². The molecule has 3 aliphatic heterocycles. The zero-order chi connectivity index (χ0) is 24.5. The number of hydrogen-bond acceptors (Lipinski definition) is 5. The molecule has 178 valence electrons. The van der Waals surface area contributed by atoms with Crippen LogP contribution < -0.4 is 9.62 Å². The Morgan fingerprint density at radius 1 is 0.971 bits per heavy atom. The quantitative estimate of drug-likeness (QED) is 0.568. The third-order valence-corrected chi connectivity index (χ3v) is 8.42. The summed E-state index contributed by atoms with van der Waals surface area (Å²) in [5.74, 6) is -0.405. The highest BCUT2D eigenvalue weighted by molar-refractivity contribution is 7.90. The molecule has 3 aliphatic rings. The minimum Gasteiger partial charge on any atom is -0.316 e. The average Bonchev–Trinajstić information content (AvgIpc) is 3.50. The minimum absolute atomic E-state index is 0.0170. The maximum absolute atomic E-state index is 13.5. The molecule has 3 heterocycles. The van der Waals surface area contributed by atoms with E-state index >= 15 is 0 Å². The standard InChI is InChI=1S/C25H22N4O5S/c1-15-9-11-18(12-10-15)35(33,34)26-24(31)27-14-17-13-21(27)22-23(30)29(25(32)28(17)22)20-8-4-6-16-5-2-3-7-19(16)20/h2-12,17,21-22H,13-14H2,1H3,(H,26,31)/t17-,21?,22+/m1/s1. The molecule has 2 bridgehead atoms. The number of benzene rings is 3. The van der Waals surface area contributed by atoms with Gasteiger partial charge in [0.05, 0.1) is 22.7 Å². The van der Waals surface area contributed by atoms with Gasteiger partial charge in [0.1, 0.15) is 6.04 Å². The van der Waals surface area contributed by atoms with Gasteiger partial charge < -0.3 is 9.80 Å². The first kappa shape index (κ1) is 21.6. The number of anilines is 1. The van der Waals surface area contributed by atoms with Crippen molar-refractivity contribution in [1.29, 1.82) is 0 Å². The van der Waals surface area contributed by atoms with Crippen molar-refractivity contribution in [3.8, 4) is 0 Å². The van der Waals surface area contributed by atoms with Crippen molar-refractivity contribution in [3.63, 3.8) is 0 Å². The van der Waals surface area contributed by atoms with E-state index in [2.05, 4.69) is 4.72 Å². The van der Waals surface area contributed by atoms with Crippen molar-refractivity contribution in [3.05, 3.63) is 72.3 Å². The number of imide groups is 1. The molecule has 10 heteroatoms. The first-order valence-corrected chi connectivity index (χ1v) is 12.8. The number of rotatable bonds is 3. The van der Waals surface area contributed by atoms with Crippen LogP contribution in [0.2, 0.25) is 0 Å². The number of hydrogen-bond donors (Lipinski definition) is 1. The van der Waals surface area contributed by atoms with Crippen LogP contribution in [-0.2, 0) is 14.8 Å². The summed E-state index contributed by atoms with van der Waals surface area (Å²) in [6.45, 7) is 2.00. The molecule has 1 N–H and O–H groups in total. The van der Waals surface area contributed by atoms with Gasteiger partial charge in [-0.25, -0.2) is 27.6 Å². The number of fused-ring (bicyclic) bond motifs is 6. The fourth-order valence-electron chi connectivity index (χ4n) is 5.47. The molecule has 3 aromatic carbocycles. The summed E-state index contributed by atoms with van der Waals surface area (Å²) in [7, 11) is -4.07. The van der Waals surface area contributed by atoms with Gasteiger partial charge in [-0.1, -0.05) is 54.1 Å². The number of sulfonamides is 1. The highest BCUT2D eigenvalue weighted by Gasteiger charge is 2.63. The molecule has 0 saturated carbocycles. The van der Waals surface area contributed by atoms with Gasteiger partial charge in [-0.3, -0.25) is 4.79 Å². The normalized spacial score (nSPS) is 23.3. The average molecular weight is 491 g/mol. The van der Waals surface area contributed by atoms with Crippen LogP contribution in [0.15, 0.2) is 71.6 Å². The summed E-state index contributed by atoms with van der Waals surface area (Å²) in [5.41, 5.74) is 1.40. The summed E-state index contributed by atoms with van der Waals surface area (Å²) in [4.78, 5) is 44.0. The molecule has 5 amide bonds. The fourth-order valence-corrected chi connectivity index (χ4v) is 6.42. The maximum Gasteiger partial charge on any atom is 0.332 e. The Balaban J connectivity index is 1.27. The second kappa shape index (κ2) is 7.54. The van der Waals surface area contributed by atoms with Crippen molar-refractivity contribution in [2.75, 3.05) is 11.4 Å². The first-order valence-electron chi connectivity index (χ1n) is 11.3. The Kier molecular flexibility index (Phi) is 4.65. The third-order valence-electron chi connectivity index (χ3n) is 7.09. The molecule has 1 unspecified atom stereocenters. The van der Waals surface area contributed by atoms with Gasteiger partial charge in [-0.2, -0.15) is 0 Å². The zero-order valence-corrected chi connectivity index (χ0v) is 19.6. The van der Waals surface area contributed by atoms with Crippen LogP contribution in [-0.4, -0.2) is 60.9 Å². The van der Waals surface area contributed by atoms with E-state index in [9.17, 15) is 22.8 Å². The predicted octanol–water partition coefficient (Wildman–Crippen LogP) is 2.84. The van der Waals surface area contributed by atoms with E-state index < -0.39 is 40.1 Å². The SMILES string of the molecule is Cc1ccc(S(=O)(=O)NC(=O)N2C[C@H]3CC2[C@H]2C(=O)N(c4cccc5ccccc45)C(=O)N32)cc1. The van der Waals surface area contributed by atoms with Crippen molar-refractivity contribution in [2.24, 2.45) is 0 Å². The summed E-state index contributed by atoms with van der Waals surface area (Å²) < 4.78 is 27.6. The number of piperazine rings is 1. The highest BCUT2D eigenvalue weighted by Crippen LogP contribution is 2.43. The van der Waals surface area contributed by atoms with Gasteiger partial charge in [0.15, 0.2) is 0 Å². The lowest BCUT2D eigenvalue weighted by Crippen LogP contribution is -2.57. The van der Waals surface area contributed by atoms with E-state index in [0.717, 1.165) is 16.3 Å². The summed E-state index contributed by atoms with van der Waals surface area (Å²) >= 11 is 0. The molecule has 9 nitrogen and oxygen atoms in total. The van der Waals surface area contributed by atoms with Crippen LogP contribution in [0.4, 0.5) is 15.3 Å². The topological polar surface area (TPSA) is 107 Å². The maximum atomic E-state index is 13.5. The number of amides is 5. The molecule has 3 saturated heterocycles. The predicted molar refractivity (Wildman–Crippen MR) is 128 cm³/mol. The monoisotopic (exact) mass is 490 g/mol. The minimum atomic E-state index is -4.07. The van der Waals surface area contributed by atoms with Crippen molar-refractivity contribution in [1.82, 2.24) is 14.5 Å². The largest absolute Gasteiger partial charge is 0.332 e. The molecule has 35 heavy (non-hydrogen) atoms. The van der Waals surface area contributed by atoms with Crippen LogP contribution in [0.5, 0.6) is 0 Å². The lowest BCUT2D eigenvalue weighted by Gasteiger charge is -2.34. The highest BCUT2D eigenvalue weighted by atomic mass is 32.2. The van der Waals surface area contributed by atoms with Crippen LogP contribution in [0.1, 0.15) is 12.0 Å². The number of nitrogens with one attached hydrogen (secondary N) is 1. The van der Waals surface area contributed by atoms with Crippen molar-refractivity contribution < 1.29 is 22.8 Å². The Hall–Kier alpha value is -3.92. The van der Waals surface area contributed by atoms with Crippen LogP contribution in [0.25, 0.3) is 10.8 Å². The molecule has 0 spiro atoms. The zero-order valence-electron chi connectivity index (χ0n) is 18.8. The van der Waals surface area contributed by atoms with Gasteiger partial charge in [-0.05, 0) is 36.9 Å². The number of likely N-dealkylation sites (tertiary alicyclic amines) is 1. The van der Waals surface area contributed by atoms with E-state index in [-0.39, 0.29) is 17.5 Å². The second-order valence-corrected chi connectivity index (χ2v) is 10.8. The Labute approximate surface area is 202 Å². The third kappa shape index (κ3) is 3.20. The molecular weight excluding hydrogens is 468 g/mol. The first-order chi connectivity index (χ1) is 16.8. The molecule has 0 aromatic heterocycles. The van der Waals surface area contributed by atoms with Gasteiger partial charge in [0, 0.05) is 11.9 Å². The summed E-state index contributed by atoms with van der Waals surface area (Å²) in [6, 6.07) is 16.1. The van der Waals surface area contributed by atoms with Crippen molar-refractivity contribution >= 4 is 44.5 Å². The van der Waals surface area contributed by atoms with Gasteiger partial charge in [-0.15, -0.1) is 0 Å².